The summed E-state index contributed by atoms with van der Waals surface area (Å²) in [6.07, 6.45) is 1.50. The van der Waals surface area contributed by atoms with Gasteiger partial charge in [0.15, 0.2) is 5.69 Å². The maximum absolute atomic E-state index is 12.6. The largest absolute Gasteiger partial charge is 0.481 e. The van der Waals surface area contributed by atoms with E-state index in [1.165, 1.54) is 4.68 Å². The third-order valence-corrected chi connectivity index (χ3v) is 4.97. The zero-order valence-electron chi connectivity index (χ0n) is 15.8. The Balaban J connectivity index is 1.74. The van der Waals surface area contributed by atoms with E-state index in [9.17, 15) is 9.59 Å². The van der Waals surface area contributed by atoms with Crippen LogP contribution >= 0.6 is 23.2 Å². The van der Waals surface area contributed by atoms with Crippen molar-refractivity contribution in [3.63, 3.8) is 0 Å². The molecule has 1 aromatic carbocycles. The van der Waals surface area contributed by atoms with E-state index in [1.54, 1.807) is 36.0 Å². The summed E-state index contributed by atoms with van der Waals surface area (Å²) in [5, 5.41) is 21.3. The lowest BCUT2D eigenvalue weighted by Gasteiger charge is -2.08. The van der Waals surface area contributed by atoms with Crippen LogP contribution in [-0.2, 0) is 17.9 Å². The number of carbonyl (C=O) groups excluding carboxylic acids is 1. The Morgan fingerprint density at radius 3 is 2.62 bits per heavy atom. The lowest BCUT2D eigenvalue weighted by Crippen LogP contribution is -2.15. The number of halogens is 2. The molecular formula is C19H19Cl2N5O3. The van der Waals surface area contributed by atoms with E-state index in [4.69, 9.17) is 28.3 Å². The van der Waals surface area contributed by atoms with Gasteiger partial charge in [0.05, 0.1) is 36.6 Å². The van der Waals surface area contributed by atoms with Crippen LogP contribution in [0.5, 0.6) is 0 Å². The molecule has 0 aliphatic carbocycles. The molecule has 0 fully saturated rings. The Hall–Kier alpha value is -2.84. The summed E-state index contributed by atoms with van der Waals surface area (Å²) in [5.41, 5.74) is 3.08. The maximum Gasteiger partial charge on any atom is 0.305 e. The molecule has 10 heteroatoms. The quantitative estimate of drug-likeness (QED) is 0.587. The van der Waals surface area contributed by atoms with Crippen molar-refractivity contribution in [1.82, 2.24) is 19.6 Å². The van der Waals surface area contributed by atoms with E-state index >= 15 is 0 Å². The minimum Gasteiger partial charge on any atom is -0.481 e. The Morgan fingerprint density at radius 1 is 1.17 bits per heavy atom. The Labute approximate surface area is 177 Å². The van der Waals surface area contributed by atoms with Crippen LogP contribution in [0.4, 0.5) is 5.69 Å². The summed E-state index contributed by atoms with van der Waals surface area (Å²) in [6, 6.07) is 6.81. The summed E-state index contributed by atoms with van der Waals surface area (Å²) < 4.78 is 3.18. The monoisotopic (exact) mass is 435 g/mol. The van der Waals surface area contributed by atoms with Crippen molar-refractivity contribution in [2.45, 2.75) is 33.4 Å². The fourth-order valence-electron chi connectivity index (χ4n) is 2.84. The molecular weight excluding hydrogens is 417 g/mol. The van der Waals surface area contributed by atoms with Gasteiger partial charge in [-0.25, -0.2) is 0 Å². The minimum atomic E-state index is -0.925. The molecule has 2 heterocycles. The first-order valence-corrected chi connectivity index (χ1v) is 9.54. The number of rotatable bonds is 7. The number of amides is 1. The van der Waals surface area contributed by atoms with Gasteiger partial charge in [-0.3, -0.25) is 19.0 Å². The molecule has 0 aliphatic heterocycles. The SMILES string of the molecule is Cc1nn(Cc2ccc(Cl)cc2Cl)c(C)c1NC(=O)c1ccn(CCC(=O)O)n1. The van der Waals surface area contributed by atoms with E-state index in [-0.39, 0.29) is 18.7 Å². The van der Waals surface area contributed by atoms with E-state index in [2.05, 4.69) is 15.5 Å². The lowest BCUT2D eigenvalue weighted by molar-refractivity contribution is -0.137. The Bertz CT molecular complexity index is 1070. The van der Waals surface area contributed by atoms with Crippen molar-refractivity contribution in [3.8, 4) is 0 Å². The molecule has 0 aliphatic rings. The Kier molecular flexibility index (Phi) is 6.24. The van der Waals surface area contributed by atoms with Crippen molar-refractivity contribution in [1.29, 1.82) is 0 Å². The fourth-order valence-corrected chi connectivity index (χ4v) is 3.31. The van der Waals surface area contributed by atoms with Gasteiger partial charge in [-0.05, 0) is 37.6 Å². The highest BCUT2D eigenvalue weighted by Crippen LogP contribution is 2.25. The number of hydrogen-bond donors (Lipinski definition) is 2. The summed E-state index contributed by atoms with van der Waals surface area (Å²) in [4.78, 5) is 23.2. The number of aromatic nitrogens is 4. The van der Waals surface area contributed by atoms with Crippen LogP contribution in [-0.4, -0.2) is 36.5 Å². The summed E-state index contributed by atoms with van der Waals surface area (Å²) in [6.45, 7) is 4.28. The molecule has 29 heavy (non-hydrogen) atoms. The molecule has 0 spiro atoms. The van der Waals surface area contributed by atoms with Gasteiger partial charge >= 0.3 is 5.97 Å². The third-order valence-electron chi connectivity index (χ3n) is 4.38. The van der Waals surface area contributed by atoms with Gasteiger partial charge < -0.3 is 10.4 Å². The van der Waals surface area contributed by atoms with Crippen LogP contribution in [0.25, 0.3) is 0 Å². The second kappa shape index (κ2) is 8.67. The van der Waals surface area contributed by atoms with Crippen molar-refractivity contribution in [2.24, 2.45) is 0 Å². The smallest absolute Gasteiger partial charge is 0.305 e. The first-order valence-electron chi connectivity index (χ1n) is 8.79. The molecule has 0 bridgehead atoms. The molecule has 0 unspecified atom stereocenters. The molecule has 8 nitrogen and oxygen atoms in total. The van der Waals surface area contributed by atoms with Gasteiger partial charge in [0.1, 0.15) is 0 Å². The van der Waals surface area contributed by atoms with Gasteiger partial charge in [-0.15, -0.1) is 0 Å². The molecule has 2 aromatic heterocycles. The van der Waals surface area contributed by atoms with Gasteiger partial charge in [-0.2, -0.15) is 10.2 Å². The molecule has 2 N–H and O–H groups in total. The van der Waals surface area contributed by atoms with Crippen LogP contribution < -0.4 is 5.32 Å². The second-order valence-corrected chi connectivity index (χ2v) is 7.34. The second-order valence-electron chi connectivity index (χ2n) is 6.50. The van der Waals surface area contributed by atoms with Gasteiger partial charge in [0, 0.05) is 16.2 Å². The van der Waals surface area contributed by atoms with Crippen molar-refractivity contribution < 1.29 is 14.7 Å². The summed E-state index contributed by atoms with van der Waals surface area (Å²) >= 11 is 12.2. The maximum atomic E-state index is 12.6. The minimum absolute atomic E-state index is 0.0685. The van der Waals surface area contributed by atoms with Crippen LogP contribution in [0.3, 0.4) is 0 Å². The normalized spacial score (nSPS) is 10.9. The summed E-state index contributed by atoms with van der Waals surface area (Å²) in [7, 11) is 0. The standard InChI is InChI=1S/C19H19Cl2N5O3/c1-11-18(22-19(29)16-5-7-25(24-16)8-6-17(27)28)12(2)26(23-11)10-13-3-4-14(20)9-15(13)21/h3-5,7,9H,6,8,10H2,1-2H3,(H,22,29)(H,27,28). The van der Waals surface area contributed by atoms with Crippen LogP contribution in [0.2, 0.25) is 10.0 Å². The lowest BCUT2D eigenvalue weighted by atomic mass is 10.2. The fraction of sp³-hybridized carbons (Fsp3) is 0.263. The average Bonchev–Trinajstić information content (AvgIpc) is 3.23. The van der Waals surface area contributed by atoms with Crippen molar-refractivity contribution >= 4 is 40.8 Å². The van der Waals surface area contributed by atoms with Crippen LogP contribution in [0.15, 0.2) is 30.5 Å². The topological polar surface area (TPSA) is 102 Å². The number of nitrogens with one attached hydrogen (secondary N) is 1. The number of nitrogens with zero attached hydrogens (tertiary/aromatic N) is 4. The third kappa shape index (κ3) is 4.96. The van der Waals surface area contributed by atoms with Crippen molar-refractivity contribution in [2.75, 3.05) is 5.32 Å². The van der Waals surface area contributed by atoms with Crippen LogP contribution in [0.1, 0.15) is 33.9 Å². The number of carboxylic acid groups (broad SMARTS) is 1. The molecule has 3 aromatic rings. The van der Waals surface area contributed by atoms with E-state index in [1.807, 2.05) is 13.0 Å². The van der Waals surface area contributed by atoms with Crippen LogP contribution in [0, 0.1) is 13.8 Å². The number of hydrogen-bond acceptors (Lipinski definition) is 4. The predicted molar refractivity (Wildman–Crippen MR) is 110 cm³/mol. The zero-order chi connectivity index (χ0) is 21.1. The Morgan fingerprint density at radius 2 is 1.93 bits per heavy atom. The average molecular weight is 436 g/mol. The number of carboxylic acids is 1. The number of benzene rings is 1. The molecule has 0 atom stereocenters. The highest BCUT2D eigenvalue weighted by molar-refractivity contribution is 6.35. The number of aliphatic carboxylic acids is 1. The van der Waals surface area contributed by atoms with E-state index in [0.717, 1.165) is 11.3 Å². The number of aryl methyl sites for hydroxylation is 2. The predicted octanol–water partition coefficient (Wildman–Crippen LogP) is 3.78. The highest BCUT2D eigenvalue weighted by Gasteiger charge is 2.18. The van der Waals surface area contributed by atoms with Crippen molar-refractivity contribution in [3.05, 3.63) is 63.2 Å². The number of anilines is 1. The molecule has 152 valence electrons. The molecule has 1 amide bonds. The molecule has 0 saturated carbocycles. The number of carbonyl (C=O) groups is 2. The first kappa shape index (κ1) is 20.9. The molecule has 0 saturated heterocycles. The molecule has 0 radical (unpaired) electrons. The zero-order valence-corrected chi connectivity index (χ0v) is 17.3. The summed E-state index contributed by atoms with van der Waals surface area (Å²) in [5.74, 6) is -1.32. The van der Waals surface area contributed by atoms with Gasteiger partial charge in [0.2, 0.25) is 0 Å². The van der Waals surface area contributed by atoms with E-state index in [0.29, 0.717) is 28.0 Å². The van der Waals surface area contributed by atoms with Gasteiger partial charge in [0.25, 0.3) is 5.91 Å². The molecule has 3 rings (SSSR count). The first-order chi connectivity index (χ1) is 13.7. The van der Waals surface area contributed by atoms with Gasteiger partial charge in [-0.1, -0.05) is 29.3 Å². The van der Waals surface area contributed by atoms with E-state index < -0.39 is 11.9 Å². The highest BCUT2D eigenvalue weighted by atomic mass is 35.5.